The molecule has 288 valence electrons. The number of piperidine rings is 2. The summed E-state index contributed by atoms with van der Waals surface area (Å²) in [7, 11) is 0. The van der Waals surface area contributed by atoms with Crippen LogP contribution in [0.1, 0.15) is 68.7 Å². The lowest BCUT2D eigenvalue weighted by Gasteiger charge is -2.43. The van der Waals surface area contributed by atoms with Crippen LogP contribution < -0.4 is 10.6 Å². The van der Waals surface area contributed by atoms with Crippen LogP contribution in [0, 0.1) is 0 Å². The number of likely N-dealkylation sites (tertiary alicyclic amines) is 2. The van der Waals surface area contributed by atoms with E-state index in [1.165, 1.54) is 11.1 Å². The van der Waals surface area contributed by atoms with Gasteiger partial charge in [-0.2, -0.15) is 0 Å². The van der Waals surface area contributed by atoms with Crippen molar-refractivity contribution >= 4 is 29.6 Å². The van der Waals surface area contributed by atoms with Gasteiger partial charge in [-0.15, -0.1) is 0 Å². The number of piperazine rings is 1. The van der Waals surface area contributed by atoms with E-state index in [0.717, 1.165) is 75.1 Å². The third-order valence-corrected chi connectivity index (χ3v) is 11.8. The van der Waals surface area contributed by atoms with E-state index in [-0.39, 0.29) is 30.0 Å². The fourth-order valence-electron chi connectivity index (χ4n) is 8.62. The van der Waals surface area contributed by atoms with Gasteiger partial charge >= 0.3 is 18.0 Å². The number of benzene rings is 2. The number of amides is 5. The largest absolute Gasteiger partial charge is 0.465 e. The Morgan fingerprint density at radius 3 is 2.19 bits per heavy atom. The number of para-hydroxylation sites is 1. The number of carbonyl (C=O) groups is 4. The summed E-state index contributed by atoms with van der Waals surface area (Å²) in [5.41, 5.74) is 5.67. The first-order valence-corrected chi connectivity index (χ1v) is 20.0. The van der Waals surface area contributed by atoms with Crippen LogP contribution in [-0.4, -0.2) is 139 Å². The number of aryl methyl sites for hydroxylation is 2. The first kappa shape index (κ1) is 38.6. The van der Waals surface area contributed by atoms with Gasteiger partial charge in [-0.25, -0.2) is 9.59 Å². The summed E-state index contributed by atoms with van der Waals surface area (Å²) < 4.78 is 5.13. The fraction of sp³-hybridized carbons (Fsp3) is 0.610. The molecule has 0 radical (unpaired) electrons. The zero-order valence-electron chi connectivity index (χ0n) is 32.0. The average molecular weight is 730 g/mol. The number of anilines is 1. The zero-order chi connectivity index (χ0) is 37.3. The number of nitrogens with zero attached hydrogens (tertiary/aromatic N) is 5. The van der Waals surface area contributed by atoms with E-state index in [1.54, 1.807) is 0 Å². The van der Waals surface area contributed by atoms with Crippen molar-refractivity contribution in [1.29, 1.82) is 0 Å². The molecule has 2 aromatic carbocycles. The summed E-state index contributed by atoms with van der Waals surface area (Å²) in [6.45, 7) is 13.4. The minimum atomic E-state index is -0.671. The van der Waals surface area contributed by atoms with Crippen molar-refractivity contribution in [1.82, 2.24) is 29.8 Å². The maximum Gasteiger partial charge on any atom is 0.322 e. The number of fused-ring (bicyclic) bond motifs is 1. The Kier molecular flexibility index (Phi) is 13.3. The quantitative estimate of drug-likeness (QED) is 0.334. The first-order valence-electron chi connectivity index (χ1n) is 20.0. The van der Waals surface area contributed by atoms with Gasteiger partial charge in [0, 0.05) is 83.1 Å². The van der Waals surface area contributed by atoms with Crippen molar-refractivity contribution in [3.05, 3.63) is 64.7 Å². The van der Waals surface area contributed by atoms with Crippen LogP contribution in [-0.2, 0) is 40.0 Å². The minimum Gasteiger partial charge on any atom is -0.465 e. The van der Waals surface area contributed by atoms with Crippen molar-refractivity contribution in [2.75, 3.05) is 77.4 Å². The molecule has 0 aromatic heterocycles. The highest BCUT2D eigenvalue weighted by Crippen LogP contribution is 2.25. The van der Waals surface area contributed by atoms with Gasteiger partial charge in [0.15, 0.2) is 0 Å². The summed E-state index contributed by atoms with van der Waals surface area (Å²) in [6.07, 6.45) is 6.27. The van der Waals surface area contributed by atoms with Crippen LogP contribution in [0.25, 0.3) is 0 Å². The summed E-state index contributed by atoms with van der Waals surface area (Å²) in [6, 6.07) is 13.9. The molecule has 1 atom stereocenters. The maximum absolute atomic E-state index is 14.3. The molecule has 4 aliphatic rings. The molecular weight excluding hydrogens is 670 g/mol. The molecule has 0 spiro atoms. The van der Waals surface area contributed by atoms with E-state index in [9.17, 15) is 19.2 Å². The molecule has 12 heteroatoms. The SMILES string of the molecule is CCOC(=O)CN1CCN(C2CCN(C(=O)C(Cc3ccc(CC)c(CC)c3)NC(=O)N3CCC(N4CCc5ccccc5NC4=O)CC3)CC2)CC1. The highest BCUT2D eigenvalue weighted by Gasteiger charge is 2.35. The van der Waals surface area contributed by atoms with E-state index in [4.69, 9.17) is 4.74 Å². The van der Waals surface area contributed by atoms with E-state index in [1.807, 2.05) is 39.8 Å². The Hall–Kier alpha value is -4.16. The van der Waals surface area contributed by atoms with Gasteiger partial charge in [-0.1, -0.05) is 50.2 Å². The van der Waals surface area contributed by atoms with Crippen LogP contribution in [0.15, 0.2) is 42.5 Å². The Balaban J connectivity index is 1.05. The molecule has 5 amide bonds. The Morgan fingerprint density at radius 1 is 0.811 bits per heavy atom. The predicted octanol–water partition coefficient (Wildman–Crippen LogP) is 4.16. The number of urea groups is 2. The fourth-order valence-corrected chi connectivity index (χ4v) is 8.62. The second kappa shape index (κ2) is 18.2. The van der Waals surface area contributed by atoms with Crippen LogP contribution in [0.4, 0.5) is 15.3 Å². The summed E-state index contributed by atoms with van der Waals surface area (Å²) >= 11 is 0. The first-order chi connectivity index (χ1) is 25.8. The third-order valence-electron chi connectivity index (χ3n) is 11.8. The van der Waals surface area contributed by atoms with Gasteiger partial charge in [-0.05, 0) is 80.2 Å². The molecule has 0 aliphatic carbocycles. The van der Waals surface area contributed by atoms with Gasteiger partial charge in [0.2, 0.25) is 5.91 Å². The third kappa shape index (κ3) is 9.69. The standard InChI is InChI=1S/C41H59N7O5/c1-4-31-12-11-30(27-32(31)5-2)28-37(39(50)46-18-14-34(15-19-46)45-25-23-44(24-26-45)29-38(49)53-6-3)43-40(51)47-20-16-35(17-21-47)48-22-13-33-9-7-8-10-36(33)42-41(48)52/h7-12,27,34-35,37H,4-6,13-26,28-29H2,1-3H3,(H,42,52)(H,43,51). The van der Waals surface area contributed by atoms with E-state index in [2.05, 4.69) is 58.5 Å². The molecule has 4 heterocycles. The van der Waals surface area contributed by atoms with Crippen molar-refractivity contribution in [3.63, 3.8) is 0 Å². The molecule has 12 nitrogen and oxygen atoms in total. The zero-order valence-corrected chi connectivity index (χ0v) is 32.0. The lowest BCUT2D eigenvalue weighted by Crippen LogP contribution is -2.58. The lowest BCUT2D eigenvalue weighted by molar-refractivity contribution is -0.145. The molecule has 0 saturated carbocycles. The number of ether oxygens (including phenoxy) is 1. The summed E-state index contributed by atoms with van der Waals surface area (Å²) in [5, 5.41) is 6.25. The van der Waals surface area contributed by atoms with E-state index < -0.39 is 6.04 Å². The number of carbonyl (C=O) groups excluding carboxylic acids is 4. The number of nitrogens with one attached hydrogen (secondary N) is 2. The molecule has 1 unspecified atom stereocenters. The summed E-state index contributed by atoms with van der Waals surface area (Å²) in [5.74, 6) is -0.191. The monoisotopic (exact) mass is 729 g/mol. The van der Waals surface area contributed by atoms with Crippen LogP contribution in [0.3, 0.4) is 0 Å². The van der Waals surface area contributed by atoms with Crippen molar-refractivity contribution in [2.45, 2.75) is 90.3 Å². The smallest absolute Gasteiger partial charge is 0.322 e. The molecule has 3 fully saturated rings. The second-order valence-electron chi connectivity index (χ2n) is 14.9. The van der Waals surface area contributed by atoms with Crippen molar-refractivity contribution in [2.24, 2.45) is 0 Å². The Morgan fingerprint density at radius 2 is 1.49 bits per heavy atom. The topological polar surface area (TPSA) is 118 Å². The number of esters is 1. The van der Waals surface area contributed by atoms with Crippen LogP contribution in [0.2, 0.25) is 0 Å². The minimum absolute atomic E-state index is 0.0237. The molecule has 2 aromatic rings. The molecule has 0 bridgehead atoms. The Labute approximate surface area is 315 Å². The highest BCUT2D eigenvalue weighted by molar-refractivity contribution is 5.91. The van der Waals surface area contributed by atoms with Gasteiger partial charge in [0.25, 0.3) is 0 Å². The van der Waals surface area contributed by atoms with Crippen LogP contribution in [0.5, 0.6) is 0 Å². The number of hydrogen-bond donors (Lipinski definition) is 2. The molecule has 2 N–H and O–H groups in total. The second-order valence-corrected chi connectivity index (χ2v) is 14.9. The lowest BCUT2D eigenvalue weighted by atomic mass is 9.95. The molecule has 3 saturated heterocycles. The van der Waals surface area contributed by atoms with E-state index in [0.29, 0.717) is 71.2 Å². The molecule has 4 aliphatic heterocycles. The summed E-state index contributed by atoms with van der Waals surface area (Å²) in [4.78, 5) is 63.6. The van der Waals surface area contributed by atoms with Crippen LogP contribution >= 0.6 is 0 Å². The van der Waals surface area contributed by atoms with Gasteiger partial charge in [-0.3, -0.25) is 19.4 Å². The normalized spacial score (nSPS) is 20.0. The van der Waals surface area contributed by atoms with Crippen molar-refractivity contribution in [3.8, 4) is 0 Å². The number of rotatable bonds is 11. The molecular formula is C41H59N7O5. The number of hydrogen-bond acceptors (Lipinski definition) is 7. The van der Waals surface area contributed by atoms with Gasteiger partial charge in [0.1, 0.15) is 6.04 Å². The molecule has 6 rings (SSSR count). The van der Waals surface area contributed by atoms with Gasteiger partial charge < -0.3 is 30.1 Å². The Bertz CT molecular complexity index is 1580. The average Bonchev–Trinajstić information content (AvgIpc) is 3.35. The van der Waals surface area contributed by atoms with Gasteiger partial charge in [0.05, 0.1) is 13.2 Å². The maximum atomic E-state index is 14.3. The molecule has 53 heavy (non-hydrogen) atoms. The predicted molar refractivity (Wildman–Crippen MR) is 206 cm³/mol. The van der Waals surface area contributed by atoms with E-state index >= 15 is 0 Å². The highest BCUT2D eigenvalue weighted by atomic mass is 16.5. The van der Waals surface area contributed by atoms with Crippen molar-refractivity contribution < 1.29 is 23.9 Å².